The van der Waals surface area contributed by atoms with Crippen molar-refractivity contribution in [2.75, 3.05) is 5.32 Å². The van der Waals surface area contributed by atoms with E-state index in [2.05, 4.69) is 15.5 Å². The Morgan fingerprint density at radius 3 is 2.70 bits per heavy atom. The lowest BCUT2D eigenvalue weighted by Crippen LogP contribution is -2.10. The van der Waals surface area contributed by atoms with E-state index in [1.165, 1.54) is 35.3 Å². The molecular formula is C19H15FN6O4. The van der Waals surface area contributed by atoms with Crippen molar-refractivity contribution in [1.82, 2.24) is 19.6 Å². The topological polar surface area (TPSA) is 121 Å². The van der Waals surface area contributed by atoms with Gasteiger partial charge in [-0.3, -0.25) is 24.3 Å². The van der Waals surface area contributed by atoms with Crippen molar-refractivity contribution < 1.29 is 18.5 Å². The molecule has 11 heteroatoms. The van der Waals surface area contributed by atoms with Gasteiger partial charge in [-0.2, -0.15) is 10.2 Å². The van der Waals surface area contributed by atoms with Crippen LogP contribution in [0.25, 0.3) is 0 Å². The summed E-state index contributed by atoms with van der Waals surface area (Å²) in [5, 5.41) is 21.4. The van der Waals surface area contributed by atoms with Crippen molar-refractivity contribution >= 4 is 17.3 Å². The highest BCUT2D eigenvalue weighted by atomic mass is 19.1. The van der Waals surface area contributed by atoms with Crippen molar-refractivity contribution in [3.05, 3.63) is 94.2 Å². The van der Waals surface area contributed by atoms with Gasteiger partial charge in [0.2, 0.25) is 0 Å². The average Bonchev–Trinajstić information content (AvgIpc) is 3.44. The zero-order valence-electron chi connectivity index (χ0n) is 15.4. The van der Waals surface area contributed by atoms with E-state index >= 15 is 0 Å². The molecule has 0 saturated carbocycles. The molecule has 0 aliphatic heterocycles. The molecule has 0 aliphatic rings. The molecule has 3 heterocycles. The molecule has 0 atom stereocenters. The fraction of sp³-hybridized carbons (Fsp3) is 0.105. The summed E-state index contributed by atoms with van der Waals surface area (Å²) in [6.07, 6.45) is 5.51. The quantitative estimate of drug-likeness (QED) is 0.369. The van der Waals surface area contributed by atoms with Crippen molar-refractivity contribution in [2.24, 2.45) is 0 Å². The van der Waals surface area contributed by atoms with Gasteiger partial charge >= 0.3 is 5.69 Å². The van der Waals surface area contributed by atoms with E-state index < -0.39 is 10.8 Å². The van der Waals surface area contributed by atoms with Gasteiger partial charge < -0.3 is 9.73 Å². The van der Waals surface area contributed by atoms with Crippen LogP contribution >= 0.6 is 0 Å². The fourth-order valence-corrected chi connectivity index (χ4v) is 2.81. The molecule has 4 aromatic rings. The summed E-state index contributed by atoms with van der Waals surface area (Å²) >= 11 is 0. The molecular weight excluding hydrogens is 395 g/mol. The van der Waals surface area contributed by atoms with E-state index in [-0.39, 0.29) is 23.8 Å². The molecule has 1 amide bonds. The van der Waals surface area contributed by atoms with Gasteiger partial charge in [-0.15, -0.1) is 0 Å². The third-order valence-corrected chi connectivity index (χ3v) is 4.16. The number of rotatable bonds is 7. The zero-order chi connectivity index (χ0) is 21.1. The molecule has 4 rings (SSSR count). The normalized spacial score (nSPS) is 10.8. The number of hydrogen-bond donors (Lipinski definition) is 1. The minimum Gasteiger partial charge on any atom is -0.454 e. The molecule has 10 nitrogen and oxygen atoms in total. The van der Waals surface area contributed by atoms with Gasteiger partial charge in [-0.25, -0.2) is 4.39 Å². The van der Waals surface area contributed by atoms with Crippen LogP contribution in [0, 0.1) is 15.9 Å². The molecule has 0 spiro atoms. The molecule has 152 valence electrons. The molecule has 0 unspecified atom stereocenters. The Bertz CT molecular complexity index is 1210. The maximum Gasteiger partial charge on any atom is 0.307 e. The fourth-order valence-electron chi connectivity index (χ4n) is 2.81. The first-order chi connectivity index (χ1) is 14.5. The first-order valence-electron chi connectivity index (χ1n) is 8.80. The van der Waals surface area contributed by atoms with Gasteiger partial charge in [-0.05, 0) is 29.8 Å². The summed E-state index contributed by atoms with van der Waals surface area (Å²) in [6, 6.07) is 9.27. The number of carbonyl (C=O) groups is 1. The highest BCUT2D eigenvalue weighted by molar-refractivity contribution is 6.02. The van der Waals surface area contributed by atoms with Crippen LogP contribution in [0.2, 0.25) is 0 Å². The van der Waals surface area contributed by atoms with Crippen molar-refractivity contribution in [3.63, 3.8) is 0 Å². The number of aromatic nitrogens is 4. The highest BCUT2D eigenvalue weighted by Gasteiger charge is 2.14. The van der Waals surface area contributed by atoms with Crippen LogP contribution in [0.5, 0.6) is 0 Å². The third kappa shape index (κ3) is 4.41. The maximum absolute atomic E-state index is 13.3. The molecule has 0 bridgehead atoms. The number of nitro groups is 1. The van der Waals surface area contributed by atoms with Gasteiger partial charge in [0.1, 0.15) is 24.0 Å². The Balaban J connectivity index is 1.37. The number of carbonyl (C=O) groups excluding carboxylic acids is 1. The van der Waals surface area contributed by atoms with E-state index in [0.717, 1.165) is 11.8 Å². The first-order valence-corrected chi connectivity index (χ1v) is 8.80. The predicted octanol–water partition coefficient (Wildman–Crippen LogP) is 3.07. The smallest absolute Gasteiger partial charge is 0.307 e. The van der Waals surface area contributed by atoms with Gasteiger partial charge in [0.25, 0.3) is 5.91 Å². The Labute approximate surface area is 168 Å². The maximum atomic E-state index is 13.3. The number of anilines is 1. The molecule has 0 radical (unpaired) electrons. The third-order valence-electron chi connectivity index (χ3n) is 4.16. The number of nitrogens with zero attached hydrogens (tertiary/aromatic N) is 5. The molecule has 0 aliphatic carbocycles. The summed E-state index contributed by atoms with van der Waals surface area (Å²) in [5.41, 5.74) is 1.07. The minimum atomic E-state index is -0.543. The Morgan fingerprint density at radius 1 is 1.13 bits per heavy atom. The Morgan fingerprint density at radius 2 is 1.93 bits per heavy atom. The van der Waals surface area contributed by atoms with E-state index in [1.807, 2.05) is 0 Å². The summed E-state index contributed by atoms with van der Waals surface area (Å²) in [6.45, 7) is 0.501. The lowest BCUT2D eigenvalue weighted by atomic mass is 10.2. The zero-order valence-corrected chi connectivity index (χ0v) is 15.4. The van der Waals surface area contributed by atoms with Gasteiger partial charge in [-0.1, -0.05) is 12.1 Å². The molecule has 30 heavy (non-hydrogen) atoms. The van der Waals surface area contributed by atoms with Crippen molar-refractivity contribution in [2.45, 2.75) is 13.1 Å². The minimum absolute atomic E-state index is 0.0736. The van der Waals surface area contributed by atoms with Crippen LogP contribution in [0.3, 0.4) is 0 Å². The second-order valence-electron chi connectivity index (χ2n) is 6.43. The van der Waals surface area contributed by atoms with Gasteiger partial charge in [0.05, 0.1) is 29.9 Å². The number of nitrogens with one attached hydrogen (secondary N) is 1. The second kappa shape index (κ2) is 7.99. The summed E-state index contributed by atoms with van der Waals surface area (Å²) in [4.78, 5) is 22.5. The van der Waals surface area contributed by atoms with Crippen LogP contribution in [0.1, 0.15) is 21.9 Å². The van der Waals surface area contributed by atoms with Crippen LogP contribution in [0.15, 0.2) is 65.6 Å². The number of amides is 1. The number of furan rings is 1. The molecule has 1 N–H and O–H groups in total. The predicted molar refractivity (Wildman–Crippen MR) is 102 cm³/mol. The SMILES string of the molecule is O=C(Nc1cnn(Cc2cccc(F)c2)c1)c1ccc(Cn2cc([N+](=O)[O-])cn2)o1. The molecule has 0 fully saturated rings. The van der Waals surface area contributed by atoms with Gasteiger partial charge in [0, 0.05) is 6.20 Å². The standard InChI is InChI=1S/C19H15FN6O4/c20-14-3-1-2-13(6-14)9-24-10-15(7-21-24)23-19(27)18-5-4-17(30-18)12-25-11-16(8-22-25)26(28)29/h1-8,10-11H,9,12H2,(H,23,27). The molecule has 1 aromatic carbocycles. The summed E-state index contributed by atoms with van der Waals surface area (Å²) in [5.74, 6) is -0.311. The lowest BCUT2D eigenvalue weighted by Gasteiger charge is -2.02. The van der Waals surface area contributed by atoms with E-state index in [4.69, 9.17) is 4.42 Å². The average molecular weight is 410 g/mol. The largest absolute Gasteiger partial charge is 0.454 e. The Hall–Kier alpha value is -4.28. The van der Waals surface area contributed by atoms with Crippen LogP contribution in [0.4, 0.5) is 15.8 Å². The van der Waals surface area contributed by atoms with Crippen molar-refractivity contribution in [3.8, 4) is 0 Å². The molecule has 3 aromatic heterocycles. The monoisotopic (exact) mass is 410 g/mol. The Kier molecular flexibility index (Phi) is 5.08. The van der Waals surface area contributed by atoms with Crippen LogP contribution in [-0.2, 0) is 13.1 Å². The van der Waals surface area contributed by atoms with Crippen molar-refractivity contribution in [1.29, 1.82) is 0 Å². The second-order valence-corrected chi connectivity index (χ2v) is 6.43. The van der Waals surface area contributed by atoms with Gasteiger partial charge in [0.15, 0.2) is 5.76 Å². The summed E-state index contributed by atoms with van der Waals surface area (Å²) in [7, 11) is 0. The van der Waals surface area contributed by atoms with Crippen LogP contribution < -0.4 is 5.32 Å². The number of halogens is 1. The van der Waals surface area contributed by atoms with E-state index in [9.17, 15) is 19.3 Å². The lowest BCUT2D eigenvalue weighted by molar-refractivity contribution is -0.385. The molecule has 0 saturated heterocycles. The van der Waals surface area contributed by atoms with Crippen LogP contribution in [-0.4, -0.2) is 30.4 Å². The van der Waals surface area contributed by atoms with E-state index in [0.29, 0.717) is 18.0 Å². The number of benzene rings is 1. The highest BCUT2D eigenvalue weighted by Crippen LogP contribution is 2.15. The van der Waals surface area contributed by atoms with E-state index in [1.54, 1.807) is 29.1 Å². The first kappa shape index (κ1) is 19.1. The number of hydrogen-bond acceptors (Lipinski definition) is 6. The summed E-state index contributed by atoms with van der Waals surface area (Å²) < 4.78 is 21.7.